The van der Waals surface area contributed by atoms with Gasteiger partial charge in [-0.05, 0) is 44.9 Å². The van der Waals surface area contributed by atoms with Gasteiger partial charge in [-0.2, -0.15) is 0 Å². The molecule has 0 aromatic heterocycles. The highest BCUT2D eigenvalue weighted by molar-refractivity contribution is 7.45. The molecule has 396 valence electrons. The van der Waals surface area contributed by atoms with Gasteiger partial charge in [-0.15, -0.1) is 0 Å². The molecule has 0 aliphatic heterocycles. The molecule has 9 heteroatoms. The van der Waals surface area contributed by atoms with E-state index in [1.807, 2.05) is 27.2 Å². The average molecular weight is 966 g/mol. The summed E-state index contributed by atoms with van der Waals surface area (Å²) in [5, 5.41) is 13.9. The molecule has 3 atom stereocenters. The monoisotopic (exact) mass is 965 g/mol. The largest absolute Gasteiger partial charge is 0.756 e. The van der Waals surface area contributed by atoms with Gasteiger partial charge >= 0.3 is 0 Å². The molecular weight excluding hydrogens is 852 g/mol. The number of allylic oxidation sites excluding steroid dienone is 5. The molecule has 0 aromatic rings. The summed E-state index contributed by atoms with van der Waals surface area (Å²) in [6, 6.07) is -0.908. The van der Waals surface area contributed by atoms with Crippen molar-refractivity contribution >= 4 is 13.7 Å². The first-order valence-corrected chi connectivity index (χ1v) is 30.3. The number of likely N-dealkylation sites (N-methyl/N-ethyl adjacent to an activating group) is 1. The number of aliphatic hydroxyl groups excluding tert-OH is 1. The molecule has 0 rings (SSSR count). The van der Waals surface area contributed by atoms with Gasteiger partial charge in [0.05, 0.1) is 39.9 Å². The lowest BCUT2D eigenvalue weighted by Gasteiger charge is -2.29. The molecule has 0 radical (unpaired) electrons. The van der Waals surface area contributed by atoms with E-state index in [1.54, 1.807) is 6.08 Å². The van der Waals surface area contributed by atoms with Crippen molar-refractivity contribution in [3.63, 3.8) is 0 Å². The number of nitrogens with zero attached hydrogens (tertiary/aromatic N) is 1. The van der Waals surface area contributed by atoms with Gasteiger partial charge in [0.15, 0.2) is 0 Å². The number of phosphoric acid groups is 1. The summed E-state index contributed by atoms with van der Waals surface area (Å²) in [7, 11) is 1.25. The number of hydrogen-bond acceptors (Lipinski definition) is 6. The van der Waals surface area contributed by atoms with Crippen LogP contribution in [0.5, 0.6) is 0 Å². The second-order valence-corrected chi connectivity index (χ2v) is 22.4. The van der Waals surface area contributed by atoms with Crippen molar-refractivity contribution in [2.45, 2.75) is 289 Å². The second-order valence-electron chi connectivity index (χ2n) is 21.0. The zero-order chi connectivity index (χ0) is 49.2. The Kier molecular flexibility index (Phi) is 48.7. The van der Waals surface area contributed by atoms with E-state index in [0.29, 0.717) is 17.4 Å². The van der Waals surface area contributed by atoms with Crippen LogP contribution in [0.25, 0.3) is 0 Å². The van der Waals surface area contributed by atoms with E-state index in [0.717, 1.165) is 44.9 Å². The van der Waals surface area contributed by atoms with E-state index in [2.05, 4.69) is 43.5 Å². The van der Waals surface area contributed by atoms with Crippen LogP contribution < -0.4 is 10.2 Å². The third kappa shape index (κ3) is 52.4. The van der Waals surface area contributed by atoms with Crippen LogP contribution in [0.3, 0.4) is 0 Å². The highest BCUT2D eigenvalue weighted by atomic mass is 31.2. The van der Waals surface area contributed by atoms with Crippen LogP contribution in [-0.2, 0) is 18.4 Å². The Hall–Kier alpha value is -1.28. The minimum absolute atomic E-state index is 0.00739. The number of nitrogens with one attached hydrogen (secondary N) is 1. The molecule has 0 fully saturated rings. The summed E-state index contributed by atoms with van der Waals surface area (Å²) >= 11 is 0. The first kappa shape index (κ1) is 65.7. The van der Waals surface area contributed by atoms with E-state index in [9.17, 15) is 19.4 Å². The number of carbonyl (C=O) groups is 1. The summed E-state index contributed by atoms with van der Waals surface area (Å²) < 4.78 is 23.3. The zero-order valence-corrected chi connectivity index (χ0v) is 46.0. The fourth-order valence-corrected chi connectivity index (χ4v) is 9.26. The molecule has 0 saturated carbocycles. The Morgan fingerprint density at radius 1 is 0.507 bits per heavy atom. The number of quaternary nitrogens is 1. The van der Waals surface area contributed by atoms with Crippen molar-refractivity contribution in [2.24, 2.45) is 0 Å². The van der Waals surface area contributed by atoms with Gasteiger partial charge < -0.3 is 28.8 Å². The van der Waals surface area contributed by atoms with Crippen LogP contribution in [-0.4, -0.2) is 68.5 Å². The molecule has 2 N–H and O–H groups in total. The molecule has 0 aliphatic rings. The molecule has 0 aromatic carbocycles. The minimum Gasteiger partial charge on any atom is -0.756 e. The Morgan fingerprint density at radius 2 is 0.836 bits per heavy atom. The fraction of sp³-hybridized carbons (Fsp3) is 0.879. The second kappa shape index (κ2) is 49.7. The topological polar surface area (TPSA) is 108 Å². The summed E-state index contributed by atoms with van der Waals surface area (Å²) in [4.78, 5) is 25.5. The van der Waals surface area contributed by atoms with Crippen LogP contribution in [0, 0.1) is 0 Å². The van der Waals surface area contributed by atoms with Crippen molar-refractivity contribution in [1.29, 1.82) is 0 Å². The average Bonchev–Trinajstić information content (AvgIpc) is 3.29. The molecule has 0 heterocycles. The van der Waals surface area contributed by atoms with Crippen molar-refractivity contribution in [3.05, 3.63) is 36.5 Å². The number of rotatable bonds is 53. The standard InChI is InChI=1S/C58H113N2O6P/c1-6-8-10-12-14-16-18-20-22-24-26-28-29-30-31-32-34-36-38-40-42-44-46-48-50-52-58(62)59-56(55-66-67(63,64)65-54-53-60(3,4)5)57(61)51-49-47-45-43-41-39-37-35-33-27-25-23-21-19-17-15-13-11-9-7-2/h33,35,41,43,49,51,56-57,61H,6-32,34,36-40,42,44-48,50,52-55H2,1-5H3,(H-,59,62,63,64)/b35-33+,43-41+,51-49+. The van der Waals surface area contributed by atoms with E-state index >= 15 is 0 Å². The first-order valence-electron chi connectivity index (χ1n) is 28.9. The van der Waals surface area contributed by atoms with E-state index in [-0.39, 0.29) is 12.5 Å². The predicted octanol–water partition coefficient (Wildman–Crippen LogP) is 16.7. The summed E-state index contributed by atoms with van der Waals surface area (Å²) in [5.41, 5.74) is 0. The van der Waals surface area contributed by atoms with Crippen molar-refractivity contribution in [1.82, 2.24) is 5.32 Å². The zero-order valence-electron chi connectivity index (χ0n) is 45.1. The van der Waals surface area contributed by atoms with Crippen LogP contribution in [0.15, 0.2) is 36.5 Å². The lowest BCUT2D eigenvalue weighted by Crippen LogP contribution is -2.45. The number of phosphoric ester groups is 1. The number of hydrogen-bond donors (Lipinski definition) is 2. The van der Waals surface area contributed by atoms with Crippen LogP contribution in [0.2, 0.25) is 0 Å². The molecule has 0 bridgehead atoms. The van der Waals surface area contributed by atoms with Gasteiger partial charge in [-0.1, -0.05) is 262 Å². The van der Waals surface area contributed by atoms with Gasteiger partial charge in [0.25, 0.3) is 7.82 Å². The molecular formula is C58H113N2O6P. The third-order valence-electron chi connectivity index (χ3n) is 13.1. The summed E-state index contributed by atoms with van der Waals surface area (Å²) in [6.07, 6.45) is 63.7. The van der Waals surface area contributed by atoms with Crippen molar-refractivity contribution in [3.8, 4) is 0 Å². The molecule has 8 nitrogen and oxygen atoms in total. The Labute approximate surface area is 417 Å². The first-order chi connectivity index (χ1) is 32.5. The van der Waals surface area contributed by atoms with Gasteiger partial charge in [0.1, 0.15) is 13.2 Å². The lowest BCUT2D eigenvalue weighted by atomic mass is 10.0. The van der Waals surface area contributed by atoms with Crippen LogP contribution >= 0.6 is 7.82 Å². The summed E-state index contributed by atoms with van der Waals surface area (Å²) in [6.45, 7) is 4.65. The van der Waals surface area contributed by atoms with E-state index in [4.69, 9.17) is 9.05 Å². The molecule has 0 saturated heterocycles. The number of unbranched alkanes of at least 4 members (excludes halogenated alkanes) is 36. The Morgan fingerprint density at radius 3 is 1.21 bits per heavy atom. The van der Waals surface area contributed by atoms with Gasteiger partial charge in [-0.3, -0.25) is 9.36 Å². The summed E-state index contributed by atoms with van der Waals surface area (Å²) in [5.74, 6) is -0.206. The smallest absolute Gasteiger partial charge is 0.268 e. The SMILES string of the molecule is CCCCCCCCCCCC/C=C/CC/C=C/CC/C=C/C(O)C(COP(=O)([O-])OCC[N+](C)(C)C)NC(=O)CCCCCCCCCCCCCCCCCCCCCCCCCCC. The molecule has 0 aliphatic carbocycles. The van der Waals surface area contributed by atoms with Crippen LogP contribution in [0.1, 0.15) is 277 Å². The van der Waals surface area contributed by atoms with Gasteiger partial charge in [0.2, 0.25) is 5.91 Å². The maximum absolute atomic E-state index is 13.0. The van der Waals surface area contributed by atoms with Gasteiger partial charge in [0, 0.05) is 6.42 Å². The van der Waals surface area contributed by atoms with Crippen LogP contribution in [0.4, 0.5) is 0 Å². The van der Waals surface area contributed by atoms with E-state index < -0.39 is 26.6 Å². The Bertz CT molecular complexity index is 1190. The predicted molar refractivity (Wildman–Crippen MR) is 288 cm³/mol. The fourth-order valence-electron chi connectivity index (χ4n) is 8.54. The lowest BCUT2D eigenvalue weighted by molar-refractivity contribution is -0.870. The maximum Gasteiger partial charge on any atom is 0.268 e. The van der Waals surface area contributed by atoms with Gasteiger partial charge in [-0.25, -0.2) is 0 Å². The highest BCUT2D eigenvalue weighted by Gasteiger charge is 2.23. The quantitative estimate of drug-likeness (QED) is 0.0272. The molecule has 0 spiro atoms. The normalized spacial score (nSPS) is 14.2. The molecule has 67 heavy (non-hydrogen) atoms. The minimum atomic E-state index is -4.61. The number of carbonyl (C=O) groups excluding carboxylic acids is 1. The van der Waals surface area contributed by atoms with E-state index in [1.165, 1.54) is 212 Å². The Balaban J connectivity index is 4.23. The number of aliphatic hydroxyl groups is 1. The third-order valence-corrected chi connectivity index (χ3v) is 14.0. The maximum atomic E-state index is 13.0. The molecule has 1 amide bonds. The van der Waals surface area contributed by atoms with Crippen molar-refractivity contribution in [2.75, 3.05) is 40.9 Å². The molecule has 3 unspecified atom stereocenters. The van der Waals surface area contributed by atoms with Crippen molar-refractivity contribution < 1.29 is 32.9 Å². The highest BCUT2D eigenvalue weighted by Crippen LogP contribution is 2.38. The number of amides is 1.